The zero-order chi connectivity index (χ0) is 69.3. The second-order valence-corrected chi connectivity index (χ2v) is 32.8. The van der Waals surface area contributed by atoms with Crippen LogP contribution in [0.15, 0.2) is 63.4 Å². The van der Waals surface area contributed by atoms with Gasteiger partial charge in [-0.1, -0.05) is 0 Å². The van der Waals surface area contributed by atoms with E-state index < -0.39 is 192 Å². The number of benzene rings is 4. The molecular weight excluding hydrogens is 1430 g/mol. The first kappa shape index (κ1) is 72.1. The third-order valence-corrected chi connectivity index (χ3v) is 25.3. The van der Waals surface area contributed by atoms with Crippen molar-refractivity contribution in [3.8, 4) is 44.5 Å². The van der Waals surface area contributed by atoms with Crippen molar-refractivity contribution in [3.05, 3.63) is 114 Å². The Morgan fingerprint density at radius 2 is 0.387 bits per heavy atom. The van der Waals surface area contributed by atoms with E-state index in [1.165, 1.54) is 48.6 Å². The van der Waals surface area contributed by atoms with E-state index in [1.54, 1.807) is 0 Å². The first-order valence-electron chi connectivity index (χ1n) is 26.3. The summed E-state index contributed by atoms with van der Waals surface area (Å²) in [7, 11) is -43.8. The molecule has 0 atom stereocenters. The number of hydrogen-bond acceptors (Lipinski definition) is 18. The van der Waals surface area contributed by atoms with E-state index >= 15 is 0 Å². The average molecular weight is 1480 g/mol. The van der Waals surface area contributed by atoms with Gasteiger partial charge in [-0.25, -0.2) is 9.97 Å². The van der Waals surface area contributed by atoms with Crippen LogP contribution in [0.3, 0.4) is 0 Å². The van der Waals surface area contributed by atoms with Crippen molar-refractivity contribution in [3.63, 3.8) is 0 Å². The number of nitrogens with one attached hydrogen (secondary N) is 2. The van der Waals surface area contributed by atoms with Crippen LogP contribution in [0.1, 0.15) is 89.5 Å². The minimum Gasteiger partial charge on any atom is -0.354 e. The van der Waals surface area contributed by atoms with Crippen molar-refractivity contribution in [1.29, 1.82) is 0 Å². The zero-order valence-corrected chi connectivity index (χ0v) is 57.9. The molecule has 8 bridgehead atoms. The monoisotopic (exact) mass is 1480 g/mol. The minimum atomic E-state index is -5.48. The van der Waals surface area contributed by atoms with Gasteiger partial charge in [0.15, 0.2) is 0 Å². The molecule has 5 heterocycles. The van der Waals surface area contributed by atoms with Crippen LogP contribution in [0.2, 0.25) is 0 Å². The molecule has 2 aliphatic heterocycles. The summed E-state index contributed by atoms with van der Waals surface area (Å²) < 4.78 is 302. The third-order valence-electron chi connectivity index (χ3n) is 16.3. The fourth-order valence-corrected chi connectivity index (χ4v) is 21.6. The van der Waals surface area contributed by atoms with E-state index in [0.717, 1.165) is 83.1 Å². The second kappa shape index (κ2) is 23.3. The smallest absolute Gasteiger partial charge is 0.354 e. The van der Waals surface area contributed by atoms with E-state index in [1.807, 2.05) is 0 Å². The molecule has 9 rings (SSSR count). The normalized spacial score (nSPS) is 13.5. The molecule has 0 amide bonds. The summed E-state index contributed by atoms with van der Waals surface area (Å²) in [6, 6.07) is 5.05. The predicted molar refractivity (Wildman–Crippen MR) is 336 cm³/mol. The van der Waals surface area contributed by atoms with E-state index in [4.69, 9.17) is 9.97 Å². The van der Waals surface area contributed by atoms with Crippen LogP contribution in [0, 0.1) is 83.1 Å². The molecule has 28 nitrogen and oxygen atoms in total. The number of nitrogens with zero attached hydrogens (tertiary/aromatic N) is 2. The van der Waals surface area contributed by atoms with Gasteiger partial charge in [-0.05, 0) is 221 Å². The Kier molecular flexibility index (Phi) is 18.1. The predicted octanol–water partition coefficient (Wildman–Crippen LogP) is 9.00. The Bertz CT molecular complexity index is 5410. The van der Waals surface area contributed by atoms with Gasteiger partial charge in [0.2, 0.25) is 0 Å². The molecule has 0 spiro atoms. The molecule has 0 saturated heterocycles. The first-order valence-corrected chi connectivity index (χ1v) is 37.8. The van der Waals surface area contributed by atoms with Gasteiger partial charge in [-0.2, -0.15) is 67.3 Å². The zero-order valence-electron chi connectivity index (χ0n) is 50.2. The van der Waals surface area contributed by atoms with Crippen molar-refractivity contribution < 1.29 is 121 Å². The molecule has 2 aliphatic rings. The van der Waals surface area contributed by atoms with Crippen LogP contribution in [0.25, 0.3) is 90.9 Å². The first-order chi connectivity index (χ1) is 41.8. The number of rotatable bonds is 12. The van der Waals surface area contributed by atoms with Crippen molar-refractivity contribution in [2.24, 2.45) is 0 Å². The summed E-state index contributed by atoms with van der Waals surface area (Å²) >= 11 is 0. The number of aromatic nitrogens is 4. The maximum atomic E-state index is 13.5. The molecule has 0 unspecified atom stereocenters. The van der Waals surface area contributed by atoms with Gasteiger partial charge in [0.1, 0.15) is 39.2 Å². The van der Waals surface area contributed by atoms with Gasteiger partial charge in [-0.3, -0.25) is 36.4 Å². The minimum absolute atomic E-state index is 0. The molecule has 0 fully saturated rings. The maximum absolute atomic E-state index is 13.5. The fourth-order valence-electron chi connectivity index (χ4n) is 13.5. The molecule has 495 valence electrons. The Hall–Kier alpha value is -6.72. The number of H-pyrrole nitrogens is 2. The number of fused-ring (bicyclic) bond motifs is 8. The summed E-state index contributed by atoms with van der Waals surface area (Å²) in [5.74, 6) is 0. The molecule has 7 aromatic rings. The molecule has 4 aromatic carbocycles. The summed E-state index contributed by atoms with van der Waals surface area (Å²) in [5, 5.41) is 0. The molecule has 37 heteroatoms. The fraction of sp³-hybridized carbons (Fsp3) is 0.214. The Labute approximate surface area is 544 Å². The third kappa shape index (κ3) is 12.1. The molecule has 93 heavy (non-hydrogen) atoms. The Morgan fingerprint density at radius 1 is 0.237 bits per heavy atom. The summed E-state index contributed by atoms with van der Waals surface area (Å²) in [6.07, 6.45) is 4.86. The summed E-state index contributed by atoms with van der Waals surface area (Å²) in [6.45, 7) is 13.1. The van der Waals surface area contributed by atoms with Crippen LogP contribution in [0.4, 0.5) is 0 Å². The quantitative estimate of drug-likeness (QED) is 0.0402. The summed E-state index contributed by atoms with van der Waals surface area (Å²) in [5.41, 5.74) is -11.0. The second-order valence-electron chi connectivity index (χ2n) is 21.9. The van der Waals surface area contributed by atoms with E-state index in [2.05, 4.69) is 9.97 Å². The maximum Gasteiger partial charge on any atom is 3.00 e. The van der Waals surface area contributed by atoms with E-state index in [9.17, 15) is 104 Å². The van der Waals surface area contributed by atoms with Crippen LogP contribution in [0.5, 0.6) is 0 Å². The Morgan fingerprint density at radius 3 is 0.570 bits per heavy atom. The van der Waals surface area contributed by atoms with Crippen LogP contribution < -0.4 is 0 Å². The Balaban J connectivity index is 0.0000111. The molecule has 0 saturated carbocycles. The topological polar surface area (TPSA) is 492 Å². The van der Waals surface area contributed by atoms with Crippen LogP contribution in [-0.4, -0.2) is 124 Å². The number of aromatic amines is 2. The number of hydrogen-bond donors (Lipinski definition) is 10. The molecule has 3 aromatic heterocycles. The average Bonchev–Trinajstić information content (AvgIpc) is 1.71. The SMILES string of the molecule is Cc1c(-c2c3nc(c(-c4c(C)c(S(=O)(=O)O)c(C)c(S(=O)(=O)O)c4C)c4ccc([nH]4)c(-c4c(C)c(S(=O)(=O)O)c(C)c(S(=O)(=O)O)c4C)c4ccc([nH]4)c(-c4c(C)c(S(=O)(=O)O)c(C)c(S(=O)(=O)O)c4C)c4nc2C=C4)C=C3)c(C)c(S(=O)(=O)O)c(C)c1S(=O)(=O)O.[Fe+3]. The van der Waals surface area contributed by atoms with Crippen molar-refractivity contribution in [2.45, 2.75) is 122 Å². The van der Waals surface area contributed by atoms with Gasteiger partial charge in [-0.15, -0.1) is 0 Å². The molecule has 1 radical (unpaired) electrons. The van der Waals surface area contributed by atoms with Crippen molar-refractivity contribution >= 4 is 127 Å². The summed E-state index contributed by atoms with van der Waals surface area (Å²) in [4.78, 5) is 7.80. The van der Waals surface area contributed by atoms with Crippen molar-refractivity contribution in [2.75, 3.05) is 0 Å². The largest absolute Gasteiger partial charge is 3.00 e. The van der Waals surface area contributed by atoms with Crippen LogP contribution >= 0.6 is 0 Å². The molecule has 0 aliphatic carbocycles. The van der Waals surface area contributed by atoms with Gasteiger partial charge in [0.05, 0.1) is 22.8 Å². The van der Waals surface area contributed by atoms with Crippen LogP contribution in [-0.2, 0) is 98.0 Å². The standard InChI is InChI=1S/C56H54N4O24S8.Fe/c1-21-41(22(2)50(86(64,65)66)29(9)49(21)85(61,62)63)45-33-13-15-35(57-33)46(42-23(3)51(87(67,68)69)30(10)52(24(42)4)88(70,71)72)37-17-19-39(59-37)48(44-27(7)55(91(79,80)81)32(12)56(28(44)8)92(82,83)84)40-20-18-38(60-40)47(36-16-14-34(45)58-36)43-25(5)53(89(73,74)75)31(11)54(26(43)6)90(76,77)78;/h13-20,57-58H,1-12H3,(H,61,62,63)(H,64,65,66)(H,67,68,69)(H,70,71,72)(H,73,74,75)(H,76,77,78)(H,79,80,81)(H,82,83,84);/q;+3. The van der Waals surface area contributed by atoms with E-state index in [-0.39, 0.29) is 101 Å². The molecule has 10 N–H and O–H groups in total. The van der Waals surface area contributed by atoms with Gasteiger partial charge < -0.3 is 9.97 Å². The van der Waals surface area contributed by atoms with Gasteiger partial charge in [0, 0.05) is 44.3 Å². The van der Waals surface area contributed by atoms with Crippen molar-refractivity contribution in [1.82, 2.24) is 19.9 Å². The molecular formula is C56H54FeN4O24S8+3. The van der Waals surface area contributed by atoms with Gasteiger partial charge >= 0.3 is 17.1 Å². The van der Waals surface area contributed by atoms with E-state index in [0.29, 0.717) is 0 Å². The van der Waals surface area contributed by atoms with Gasteiger partial charge in [0.25, 0.3) is 80.9 Å².